The Labute approximate surface area is 198 Å². The molecule has 1 aromatic heterocycles. The number of hydrogen-bond acceptors (Lipinski definition) is 7. The molecule has 2 saturated heterocycles. The van der Waals surface area contributed by atoms with E-state index in [0.717, 1.165) is 18.4 Å². The number of nitrogens with one attached hydrogen (secondary N) is 1. The zero-order valence-electron chi connectivity index (χ0n) is 19.8. The number of carbonyl (C=O) groups is 2. The minimum Gasteiger partial charge on any atom is -0.446 e. The number of rotatable bonds is 6. The first-order valence-electron chi connectivity index (χ1n) is 11.9. The Morgan fingerprint density at radius 3 is 2.62 bits per heavy atom. The van der Waals surface area contributed by atoms with Crippen molar-refractivity contribution in [2.75, 3.05) is 6.54 Å². The third kappa shape index (κ3) is 4.72. The molecule has 2 atom stereocenters. The van der Waals surface area contributed by atoms with Crippen LogP contribution < -0.4 is 5.32 Å². The van der Waals surface area contributed by atoms with E-state index < -0.39 is 6.09 Å². The zero-order valence-corrected chi connectivity index (χ0v) is 19.8. The molecule has 10 heteroatoms. The summed E-state index contributed by atoms with van der Waals surface area (Å²) in [6.45, 7) is 6.66. The molecular formula is C24H31N5O5. The summed E-state index contributed by atoms with van der Waals surface area (Å²) in [6.07, 6.45) is 2.28. The van der Waals surface area contributed by atoms with E-state index in [-0.39, 0.29) is 35.7 Å². The van der Waals surface area contributed by atoms with Crippen molar-refractivity contribution in [1.82, 2.24) is 25.5 Å². The van der Waals surface area contributed by atoms with Gasteiger partial charge in [0.25, 0.3) is 0 Å². The Balaban J connectivity index is 1.15. The van der Waals surface area contributed by atoms with Crippen LogP contribution in [0.5, 0.6) is 0 Å². The molecule has 0 radical (unpaired) electrons. The number of aromatic nitrogens is 2. The largest absolute Gasteiger partial charge is 0.446 e. The molecule has 1 N–H and O–H groups in total. The maximum atomic E-state index is 13.0. The van der Waals surface area contributed by atoms with Crippen LogP contribution in [0.1, 0.15) is 75.8 Å². The number of benzene rings is 1. The second-order valence-corrected chi connectivity index (χ2v) is 10.3. The average molecular weight is 470 g/mol. The van der Waals surface area contributed by atoms with E-state index in [2.05, 4.69) is 15.5 Å². The minimum absolute atomic E-state index is 0.0265. The number of fused-ring (bicyclic) bond motifs is 2. The average Bonchev–Trinajstić information content (AvgIpc) is 3.33. The van der Waals surface area contributed by atoms with Crippen LogP contribution in [0.15, 0.2) is 34.7 Å². The van der Waals surface area contributed by atoms with Gasteiger partial charge < -0.3 is 19.4 Å². The summed E-state index contributed by atoms with van der Waals surface area (Å²) in [5.74, 6) is 1.06. The Kier molecular flexibility index (Phi) is 5.93. The van der Waals surface area contributed by atoms with Crippen LogP contribution in [0.2, 0.25) is 0 Å². The lowest BCUT2D eigenvalue weighted by Gasteiger charge is -2.33. The third-order valence-electron chi connectivity index (χ3n) is 6.47. The normalized spacial score (nSPS) is 26.4. The fraction of sp³-hybridized carbons (Fsp3) is 0.583. The van der Waals surface area contributed by atoms with Crippen LogP contribution >= 0.6 is 0 Å². The van der Waals surface area contributed by atoms with Crippen molar-refractivity contribution in [3.05, 3.63) is 47.7 Å². The molecule has 1 saturated carbocycles. The van der Waals surface area contributed by atoms with Crippen LogP contribution in [0, 0.1) is 0 Å². The predicted molar refractivity (Wildman–Crippen MR) is 120 cm³/mol. The lowest BCUT2D eigenvalue weighted by atomic mass is 9.82. The van der Waals surface area contributed by atoms with E-state index in [1.807, 2.05) is 51.1 Å². The first-order valence-corrected chi connectivity index (χ1v) is 11.9. The highest BCUT2D eigenvalue weighted by atomic mass is 16.7. The van der Waals surface area contributed by atoms with Crippen LogP contribution in [-0.2, 0) is 16.2 Å². The molecule has 10 nitrogen and oxygen atoms in total. The van der Waals surface area contributed by atoms with Gasteiger partial charge in [0.05, 0.1) is 6.04 Å². The van der Waals surface area contributed by atoms with Crippen LogP contribution in [0.3, 0.4) is 0 Å². The molecule has 2 bridgehead atoms. The quantitative estimate of drug-likeness (QED) is 0.683. The van der Waals surface area contributed by atoms with Crippen LogP contribution in [0.25, 0.3) is 0 Å². The maximum absolute atomic E-state index is 13.0. The maximum Gasteiger partial charge on any atom is 0.407 e. The molecule has 3 fully saturated rings. The second-order valence-electron chi connectivity index (χ2n) is 10.3. The highest BCUT2D eigenvalue weighted by molar-refractivity contribution is 5.77. The highest BCUT2D eigenvalue weighted by Crippen LogP contribution is 2.41. The van der Waals surface area contributed by atoms with Gasteiger partial charge in [-0.1, -0.05) is 30.3 Å². The van der Waals surface area contributed by atoms with Gasteiger partial charge >= 0.3 is 12.1 Å². The molecule has 2 aliphatic heterocycles. The van der Waals surface area contributed by atoms with Crippen LogP contribution in [-0.4, -0.2) is 56.5 Å². The number of hydrogen-bond donors (Lipinski definition) is 1. The zero-order chi connectivity index (χ0) is 23.9. The molecule has 5 rings (SSSR count). The van der Waals surface area contributed by atoms with E-state index in [1.165, 1.54) is 5.06 Å². The molecule has 1 aliphatic carbocycles. The molecule has 1 aromatic carbocycles. The van der Waals surface area contributed by atoms with Crippen LogP contribution in [0.4, 0.5) is 9.59 Å². The molecule has 182 valence electrons. The fourth-order valence-electron chi connectivity index (χ4n) is 4.67. The molecule has 2 aromatic rings. The van der Waals surface area contributed by atoms with E-state index >= 15 is 0 Å². The Morgan fingerprint density at radius 1 is 1.15 bits per heavy atom. The van der Waals surface area contributed by atoms with Gasteiger partial charge in [0.15, 0.2) is 0 Å². The lowest BCUT2D eigenvalue weighted by molar-refractivity contribution is -0.140. The fourth-order valence-corrected chi connectivity index (χ4v) is 4.67. The summed E-state index contributed by atoms with van der Waals surface area (Å²) >= 11 is 0. The molecule has 34 heavy (non-hydrogen) atoms. The number of nitrogens with zero attached hydrogens (tertiary/aromatic N) is 4. The summed E-state index contributed by atoms with van der Waals surface area (Å²) in [4.78, 5) is 32.6. The number of ether oxygens (including phenoxy) is 1. The van der Waals surface area contributed by atoms with Crippen molar-refractivity contribution in [2.45, 2.75) is 82.7 Å². The molecule has 0 unspecified atom stereocenters. The molecule has 3 amide bonds. The topological polar surface area (TPSA) is 110 Å². The summed E-state index contributed by atoms with van der Waals surface area (Å²) in [5, 5.41) is 12.8. The number of amides is 3. The van der Waals surface area contributed by atoms with Gasteiger partial charge in [0, 0.05) is 18.0 Å². The Bertz CT molecular complexity index is 1030. The number of alkyl carbamates (subject to hydrolysis) is 1. The van der Waals surface area contributed by atoms with Gasteiger partial charge in [-0.25, -0.2) is 9.59 Å². The highest BCUT2D eigenvalue weighted by Gasteiger charge is 2.48. The Morgan fingerprint density at radius 2 is 1.88 bits per heavy atom. The lowest BCUT2D eigenvalue weighted by Crippen LogP contribution is -2.44. The van der Waals surface area contributed by atoms with Gasteiger partial charge in [-0.05, 0) is 52.0 Å². The van der Waals surface area contributed by atoms with Gasteiger partial charge in [-0.2, -0.15) is 5.06 Å². The summed E-state index contributed by atoms with van der Waals surface area (Å²) in [6, 6.07) is 9.42. The standard InChI is InChI=1S/C24H31N5O5/c1-24(2,3)25-22(30)33-18-11-16(12-18)20-26-27-21(34-20)19-10-9-17-13-28(19)23(31)29(17)32-14-15-7-5-4-6-8-15/h4-8,16-19H,9-14H2,1-3H3,(H,25,30)/t16?,17-,18?,19+/m1/s1. The monoisotopic (exact) mass is 469 g/mol. The third-order valence-corrected chi connectivity index (χ3v) is 6.47. The smallest absolute Gasteiger partial charge is 0.407 e. The summed E-state index contributed by atoms with van der Waals surface area (Å²) in [5.41, 5.74) is 0.680. The van der Waals surface area contributed by atoms with Gasteiger partial charge in [-0.15, -0.1) is 10.2 Å². The first-order chi connectivity index (χ1) is 16.3. The van der Waals surface area contributed by atoms with E-state index in [0.29, 0.717) is 37.8 Å². The van der Waals surface area contributed by atoms with Gasteiger partial charge in [0.2, 0.25) is 11.8 Å². The first kappa shape index (κ1) is 22.6. The molecule has 3 aliphatic rings. The molecular weight excluding hydrogens is 438 g/mol. The van der Waals surface area contributed by atoms with Crippen molar-refractivity contribution in [3.63, 3.8) is 0 Å². The minimum atomic E-state index is -0.412. The van der Waals surface area contributed by atoms with Crippen molar-refractivity contribution >= 4 is 12.1 Å². The summed E-state index contributed by atoms with van der Waals surface area (Å²) < 4.78 is 11.4. The second kappa shape index (κ2) is 8.90. The number of carbonyl (C=O) groups excluding carboxylic acids is 2. The van der Waals surface area contributed by atoms with Gasteiger partial charge in [-0.3, -0.25) is 4.84 Å². The van der Waals surface area contributed by atoms with Crippen molar-refractivity contribution < 1.29 is 23.6 Å². The predicted octanol–water partition coefficient (Wildman–Crippen LogP) is 3.91. The SMILES string of the molecule is CC(C)(C)NC(=O)OC1CC(c2nnc([C@@H]3CC[C@@H]4CN3C(=O)N4OCc3ccccc3)o2)C1. The van der Waals surface area contributed by atoms with E-state index in [1.54, 1.807) is 4.90 Å². The molecule has 0 spiro atoms. The van der Waals surface area contributed by atoms with Crippen molar-refractivity contribution in [1.29, 1.82) is 0 Å². The Hall–Kier alpha value is -3.14. The number of hydroxylamine groups is 2. The number of piperidine rings is 1. The molecule has 3 heterocycles. The van der Waals surface area contributed by atoms with Crippen molar-refractivity contribution in [2.24, 2.45) is 0 Å². The number of urea groups is 1. The van der Waals surface area contributed by atoms with E-state index in [4.69, 9.17) is 14.0 Å². The van der Waals surface area contributed by atoms with Gasteiger partial charge in [0.1, 0.15) is 18.8 Å². The summed E-state index contributed by atoms with van der Waals surface area (Å²) in [7, 11) is 0. The van der Waals surface area contributed by atoms with Crippen molar-refractivity contribution in [3.8, 4) is 0 Å². The van der Waals surface area contributed by atoms with E-state index in [9.17, 15) is 9.59 Å².